The van der Waals surface area contributed by atoms with Crippen LogP contribution in [0.3, 0.4) is 0 Å². The number of amides is 4. The summed E-state index contributed by atoms with van der Waals surface area (Å²) in [5.74, 6) is -7.59. The molecule has 2 aliphatic carbocycles. The van der Waals surface area contributed by atoms with Crippen LogP contribution in [0.5, 0.6) is 11.8 Å². The van der Waals surface area contributed by atoms with E-state index in [0.29, 0.717) is 49.8 Å². The summed E-state index contributed by atoms with van der Waals surface area (Å²) < 4.78 is 99.7. The lowest BCUT2D eigenvalue weighted by Crippen LogP contribution is -2.59. The van der Waals surface area contributed by atoms with E-state index in [1.54, 1.807) is 31.2 Å². The summed E-state index contributed by atoms with van der Waals surface area (Å²) in [5.41, 5.74) is -3.95. The second-order valence-electron chi connectivity index (χ2n) is 17.0. The summed E-state index contributed by atoms with van der Waals surface area (Å²) in [7, 11) is -4.02. The number of ether oxygens (including phenoxy) is 3. The van der Waals surface area contributed by atoms with Crippen LogP contribution in [0.15, 0.2) is 36.4 Å². The molecule has 0 spiro atoms. The van der Waals surface area contributed by atoms with Gasteiger partial charge < -0.3 is 29.7 Å². The minimum Gasteiger partial charge on any atom is -0.472 e. The number of rotatable bonds is 11. The molecule has 0 radical (unpaired) electrons. The first kappa shape index (κ1) is 45.1. The van der Waals surface area contributed by atoms with E-state index in [-0.39, 0.29) is 42.1 Å². The number of carbonyl (C=O) groups excluding carboxylic acids is 4. The van der Waals surface area contributed by atoms with Gasteiger partial charge in [0, 0.05) is 41.1 Å². The molecule has 2 saturated carbocycles. The number of fused-ring (bicyclic) bond motifs is 3. The fraction of sp³-hybridized carbons (Fsp3) is 0.625. The topological polar surface area (TPSA) is 182 Å². The lowest BCUT2D eigenvalue weighted by atomic mass is 9.88. The van der Waals surface area contributed by atoms with E-state index in [4.69, 9.17) is 25.8 Å². The fourth-order valence-electron chi connectivity index (χ4n) is 7.63. The molecule has 1 aromatic carbocycles. The predicted octanol–water partition coefficient (Wildman–Crippen LogP) is 5.90. The van der Waals surface area contributed by atoms with Crippen molar-refractivity contribution in [2.45, 2.75) is 126 Å². The van der Waals surface area contributed by atoms with Crippen LogP contribution in [0.25, 0.3) is 10.8 Å². The van der Waals surface area contributed by atoms with Crippen LogP contribution in [0, 0.1) is 17.8 Å². The first-order valence-electron chi connectivity index (χ1n) is 19.9. The van der Waals surface area contributed by atoms with E-state index in [1.165, 1.54) is 6.07 Å². The smallest absolute Gasteiger partial charge is 0.408 e. The fourth-order valence-corrected chi connectivity index (χ4v) is 9.22. The van der Waals surface area contributed by atoms with Crippen molar-refractivity contribution in [3.63, 3.8) is 0 Å². The Morgan fingerprint density at radius 1 is 1.10 bits per heavy atom. The maximum Gasteiger partial charge on any atom is 0.408 e. The van der Waals surface area contributed by atoms with Crippen LogP contribution in [0.4, 0.5) is 22.4 Å². The van der Waals surface area contributed by atoms with E-state index >= 15 is 0 Å². The van der Waals surface area contributed by atoms with E-state index < -0.39 is 99.2 Å². The summed E-state index contributed by atoms with van der Waals surface area (Å²) in [5, 5.41) is 5.45. The quantitative estimate of drug-likeness (QED) is 0.181. The Balaban J connectivity index is 1.37. The predicted molar refractivity (Wildman–Crippen MR) is 211 cm³/mol. The molecule has 4 aliphatic rings. The number of halogens is 5. The average Bonchev–Trinajstić information content (AvgIpc) is 4.07. The van der Waals surface area contributed by atoms with Crippen LogP contribution in [0.2, 0.25) is 5.02 Å². The Hall–Kier alpha value is -4.39. The minimum atomic E-state index is -4.02. The van der Waals surface area contributed by atoms with Gasteiger partial charge in [0.15, 0.2) is 12.2 Å². The molecule has 1 aromatic heterocycles. The number of nitrogens with zero attached hydrogens (tertiary/aromatic N) is 2. The highest BCUT2D eigenvalue weighted by Crippen LogP contribution is 2.46. The van der Waals surface area contributed by atoms with Crippen LogP contribution in [0.1, 0.15) is 79.6 Å². The first-order valence-corrected chi connectivity index (χ1v) is 21.8. The number of carbonyl (C=O) groups is 4. The Bertz CT molecular complexity index is 2140. The van der Waals surface area contributed by atoms with Crippen molar-refractivity contribution in [2.75, 3.05) is 13.2 Å². The summed E-state index contributed by atoms with van der Waals surface area (Å²) in [6.07, 6.45) is 0.624. The molecule has 2 aliphatic heterocycles. The molecule has 0 unspecified atom stereocenters. The third kappa shape index (κ3) is 10.0. The standard InChI is InChI=1S/C40H50ClF4N5O9S/c1-21-9-6-7-10-23-18-40(23,36(53)49-60(55,56)25-13-14-25)48-33(51)29-16-24(58-34-26-11-8-12-28(41)27(26)17-31(46-34)57-20-30(42)43)19-50(29)35(52)32(22(2)15-21)47-37(54)59-38(3,4)39(5,44)45/h7-8,10-12,17,21-25,29-30,32H,6,9,13-16,18-20H2,1-5H3,(H,47,54)(H,48,51)(H,49,53)/b10-7-/t21-,22-,23-,24-,29+,32+,40-/m1/s1. The van der Waals surface area contributed by atoms with Gasteiger partial charge in [0.2, 0.25) is 33.6 Å². The number of aromatic nitrogens is 1. The van der Waals surface area contributed by atoms with Crippen molar-refractivity contribution in [3.05, 3.63) is 41.4 Å². The normalized spacial score (nSPS) is 28.4. The maximum absolute atomic E-state index is 14.8. The number of allylic oxidation sites excluding steroid dienone is 1. The zero-order valence-electron chi connectivity index (χ0n) is 33.8. The molecule has 0 bridgehead atoms. The average molecular weight is 888 g/mol. The largest absolute Gasteiger partial charge is 0.472 e. The zero-order valence-corrected chi connectivity index (χ0v) is 35.4. The van der Waals surface area contributed by atoms with Gasteiger partial charge in [-0.2, -0.15) is 4.98 Å². The van der Waals surface area contributed by atoms with Crippen molar-refractivity contribution in [2.24, 2.45) is 17.8 Å². The second-order valence-corrected chi connectivity index (χ2v) is 19.3. The Morgan fingerprint density at radius 2 is 1.82 bits per heavy atom. The summed E-state index contributed by atoms with van der Waals surface area (Å²) >= 11 is 6.45. The van der Waals surface area contributed by atoms with Gasteiger partial charge in [-0.25, -0.2) is 30.8 Å². The lowest BCUT2D eigenvalue weighted by Gasteiger charge is -2.35. The Labute approximate surface area is 350 Å². The first-order chi connectivity index (χ1) is 28.0. The summed E-state index contributed by atoms with van der Waals surface area (Å²) in [4.78, 5) is 61.9. The molecule has 3 fully saturated rings. The van der Waals surface area contributed by atoms with Gasteiger partial charge in [0.1, 0.15) is 23.7 Å². The highest BCUT2D eigenvalue weighted by atomic mass is 35.5. The van der Waals surface area contributed by atoms with Crippen molar-refractivity contribution in [1.29, 1.82) is 0 Å². The number of nitrogens with one attached hydrogen (secondary N) is 3. The monoisotopic (exact) mass is 887 g/mol. The molecule has 60 heavy (non-hydrogen) atoms. The molecule has 1 saturated heterocycles. The number of benzene rings is 1. The van der Waals surface area contributed by atoms with Gasteiger partial charge >= 0.3 is 6.09 Å². The molecule has 330 valence electrons. The van der Waals surface area contributed by atoms with Crippen LogP contribution < -0.4 is 24.8 Å². The number of hydrogen-bond donors (Lipinski definition) is 3. The molecule has 6 rings (SSSR count). The molecule has 7 atom stereocenters. The van der Waals surface area contributed by atoms with Gasteiger partial charge in [0.25, 0.3) is 18.3 Å². The van der Waals surface area contributed by atoms with Crippen LogP contribution in [-0.4, -0.2) is 102 Å². The maximum atomic E-state index is 14.8. The number of alkyl halides is 4. The molecule has 3 heterocycles. The number of hydrogen-bond acceptors (Lipinski definition) is 10. The lowest BCUT2D eigenvalue weighted by molar-refractivity contribution is -0.152. The van der Waals surface area contributed by atoms with E-state index in [2.05, 4.69) is 20.3 Å². The van der Waals surface area contributed by atoms with Gasteiger partial charge in [0.05, 0.1) is 11.8 Å². The summed E-state index contributed by atoms with van der Waals surface area (Å²) in [6.45, 7) is 4.99. The Morgan fingerprint density at radius 3 is 2.48 bits per heavy atom. The number of alkyl carbamates (subject to hydrolysis) is 1. The van der Waals surface area contributed by atoms with Gasteiger partial charge in [-0.05, 0) is 76.3 Å². The number of pyridine rings is 1. The van der Waals surface area contributed by atoms with E-state index in [1.807, 2.05) is 13.0 Å². The minimum absolute atomic E-state index is 0.0359. The molecular formula is C40H50ClF4N5O9S. The van der Waals surface area contributed by atoms with E-state index in [0.717, 1.165) is 18.7 Å². The third-order valence-corrected chi connectivity index (χ3v) is 13.8. The molecule has 14 nitrogen and oxygen atoms in total. The van der Waals surface area contributed by atoms with E-state index in [9.17, 15) is 45.2 Å². The van der Waals surface area contributed by atoms with Gasteiger partial charge in [-0.1, -0.05) is 43.7 Å². The van der Waals surface area contributed by atoms with Crippen molar-refractivity contribution in [1.82, 2.24) is 25.2 Å². The third-order valence-electron chi connectivity index (χ3n) is 11.7. The van der Waals surface area contributed by atoms with Crippen molar-refractivity contribution in [3.8, 4) is 11.8 Å². The van der Waals surface area contributed by atoms with Crippen LogP contribution in [-0.2, 0) is 29.1 Å². The SMILES string of the molecule is C[C@@H]1CC/C=C\[C@@H]2C[C@@]2(C(=O)NS(=O)(=O)C2CC2)NC(=O)[C@@H]2C[C@@H](Oc3nc(OCC(F)F)cc4c(Cl)cccc34)CN2C(=O)[C@@H](NC(=O)OC(C)(C)C(C)(F)F)[C@H](C)C1. The zero-order chi connectivity index (χ0) is 43.9. The molecule has 2 aromatic rings. The van der Waals surface area contributed by atoms with Gasteiger partial charge in [-0.15, -0.1) is 0 Å². The molecular weight excluding hydrogens is 838 g/mol. The van der Waals surface area contributed by atoms with Crippen LogP contribution >= 0.6 is 11.6 Å². The van der Waals surface area contributed by atoms with Crippen molar-refractivity contribution < 1.29 is 59.4 Å². The molecule has 20 heteroatoms. The number of sulfonamides is 1. The highest BCUT2D eigenvalue weighted by molar-refractivity contribution is 7.91. The Kier molecular flexibility index (Phi) is 12.9. The molecule has 3 N–H and O–H groups in total. The summed E-state index contributed by atoms with van der Waals surface area (Å²) in [6, 6.07) is 3.35. The highest BCUT2D eigenvalue weighted by Gasteiger charge is 2.62. The van der Waals surface area contributed by atoms with Gasteiger partial charge in [-0.3, -0.25) is 19.1 Å². The second kappa shape index (κ2) is 17.2. The molecule has 4 amide bonds. The van der Waals surface area contributed by atoms with Crippen molar-refractivity contribution >= 4 is 56.2 Å².